The second-order valence-electron chi connectivity index (χ2n) is 12.6. The Balaban J connectivity index is 1.57. The van der Waals surface area contributed by atoms with Gasteiger partial charge in [0.1, 0.15) is 91.4 Å². The van der Waals surface area contributed by atoms with E-state index in [0.29, 0.717) is 0 Å². The zero-order valence-corrected chi connectivity index (χ0v) is 27.3. The Morgan fingerprint density at radius 1 is 0.520 bits per heavy atom. The molecule has 4 aliphatic rings. The zero-order chi connectivity index (χ0) is 37.2. The lowest BCUT2D eigenvalue weighted by molar-refractivity contribution is -0.373. The van der Waals surface area contributed by atoms with Gasteiger partial charge in [-0.1, -0.05) is 0 Å². The smallest absolute Gasteiger partial charge is 0.217 e. The lowest BCUT2D eigenvalue weighted by Gasteiger charge is -2.50. The first-order valence-corrected chi connectivity index (χ1v) is 15.9. The van der Waals surface area contributed by atoms with E-state index in [1.54, 1.807) is 0 Å². The molecule has 290 valence electrons. The second kappa shape index (κ2) is 17.4. The summed E-state index contributed by atoms with van der Waals surface area (Å²) < 4.78 is 39.4. The summed E-state index contributed by atoms with van der Waals surface area (Å²) in [5.41, 5.74) is 0. The molecule has 4 rings (SSSR count). The van der Waals surface area contributed by atoms with Crippen LogP contribution in [0.2, 0.25) is 0 Å². The molecule has 50 heavy (non-hydrogen) atoms. The fraction of sp³-hybridized carbons (Fsp3) is 0.929. The number of hydrogen-bond acceptors (Lipinski definition) is 20. The predicted octanol–water partition coefficient (Wildman–Crippen LogP) is -8.43. The molecular formula is C28H48N2O20. The maximum Gasteiger partial charge on any atom is 0.217 e. The lowest BCUT2D eigenvalue weighted by atomic mass is 9.94. The fourth-order valence-corrected chi connectivity index (χ4v) is 6.29. The van der Waals surface area contributed by atoms with Crippen molar-refractivity contribution in [2.45, 2.75) is 143 Å². The van der Waals surface area contributed by atoms with Crippen LogP contribution in [0.25, 0.3) is 0 Å². The van der Waals surface area contributed by atoms with Crippen molar-refractivity contribution < 1.29 is 98.9 Å². The summed E-state index contributed by atoms with van der Waals surface area (Å²) in [6, 6.07) is -2.97. The summed E-state index contributed by atoms with van der Waals surface area (Å²) in [5.74, 6) is -1.39. The highest BCUT2D eigenvalue weighted by Gasteiger charge is 2.55. The number of rotatable bonds is 11. The van der Waals surface area contributed by atoms with E-state index in [2.05, 4.69) is 10.6 Å². The maximum absolute atomic E-state index is 12.3. The van der Waals surface area contributed by atoms with Crippen LogP contribution < -0.4 is 10.6 Å². The summed E-state index contributed by atoms with van der Waals surface area (Å²) in [6.45, 7) is 1.02. The van der Waals surface area contributed by atoms with Gasteiger partial charge in [0.25, 0.3) is 0 Å². The van der Waals surface area contributed by atoms with Crippen LogP contribution >= 0.6 is 0 Å². The highest BCUT2D eigenvalue weighted by molar-refractivity contribution is 5.73. The van der Waals surface area contributed by atoms with Gasteiger partial charge >= 0.3 is 0 Å². The molecule has 0 radical (unpaired) electrons. The van der Waals surface area contributed by atoms with Crippen LogP contribution in [-0.2, 0) is 42.7 Å². The number of carbonyl (C=O) groups is 2. The van der Waals surface area contributed by atoms with Gasteiger partial charge in [0.05, 0.1) is 25.9 Å². The first-order chi connectivity index (χ1) is 23.5. The summed E-state index contributed by atoms with van der Waals surface area (Å²) in [4.78, 5) is 24.1. The number of hydrogen-bond donors (Lipinski definition) is 13. The molecule has 4 fully saturated rings. The van der Waals surface area contributed by atoms with Crippen molar-refractivity contribution in [3.8, 4) is 0 Å². The number of ether oxygens (including phenoxy) is 7. The topological polar surface area (TPSA) is 345 Å². The molecule has 0 aromatic carbocycles. The van der Waals surface area contributed by atoms with Crippen molar-refractivity contribution in [1.29, 1.82) is 0 Å². The summed E-state index contributed by atoms with van der Waals surface area (Å²) in [6.07, 6.45) is -30.1. The second-order valence-corrected chi connectivity index (χ2v) is 12.6. The molecule has 0 saturated carbocycles. The van der Waals surface area contributed by atoms with E-state index in [9.17, 15) is 65.8 Å². The Bertz CT molecular complexity index is 1120. The lowest BCUT2D eigenvalue weighted by Crippen LogP contribution is -2.70. The quantitative estimate of drug-likeness (QED) is 0.0938. The van der Waals surface area contributed by atoms with Crippen molar-refractivity contribution >= 4 is 11.8 Å². The largest absolute Gasteiger partial charge is 0.394 e. The molecule has 2 amide bonds. The molecule has 0 aliphatic carbocycles. The SMILES string of the molecule is CC(=O)N[C@@H]1[C@@H](O[C@@H]2O[C@H](CO)[C@H](O[C@@H]3O[C@H](CO)[C@H](O)[C@H](O[C@@H]4O[C@@H](C)[C@@H](O)[C@@H](O)[C@@H]4O)[C@H]3NC(C)=O)[C@H](O)[C@H]2O)[C@@H](O)[C@@H](CO)O[C@@H]1O. The van der Waals surface area contributed by atoms with Crippen molar-refractivity contribution in [1.82, 2.24) is 10.6 Å². The molecule has 0 spiro atoms. The molecule has 4 saturated heterocycles. The van der Waals surface area contributed by atoms with E-state index < -0.39 is 154 Å². The number of aliphatic hydroxyl groups is 11. The minimum atomic E-state index is -2.03. The standard InChI is InChI=1S/C28H48N2O20/c1-7-15(36)18(39)20(41)27(44-7)50-24-14(30-9(3)35)26(46-11(5-32)17(24)38)48-22-12(6-33)47-28(21(42)19(22)40)49-23-13(29-8(2)34)25(43)45-10(4-31)16(23)37/h7,10-28,31-33,36-43H,4-6H2,1-3H3,(H,29,34)(H,30,35)/t7-,10+,11+,12+,13+,14+,15+,16-,17-,18+,19+,20-,21+,22-,23+,24+,25-,26-,27-,28-/m0/s1. The van der Waals surface area contributed by atoms with Crippen molar-refractivity contribution in [3.63, 3.8) is 0 Å². The number of amides is 2. The van der Waals surface area contributed by atoms with Gasteiger partial charge in [0, 0.05) is 13.8 Å². The third-order valence-corrected chi connectivity index (χ3v) is 8.97. The molecule has 22 heteroatoms. The van der Waals surface area contributed by atoms with Crippen LogP contribution in [0.15, 0.2) is 0 Å². The molecule has 0 bridgehead atoms. The molecule has 0 aromatic heterocycles. The van der Waals surface area contributed by atoms with Crippen molar-refractivity contribution in [2.75, 3.05) is 19.8 Å². The normalized spacial score (nSPS) is 48.5. The molecular weight excluding hydrogens is 684 g/mol. The Labute approximate surface area is 285 Å². The molecule has 0 unspecified atom stereocenters. The van der Waals surface area contributed by atoms with Gasteiger partial charge in [-0.2, -0.15) is 0 Å². The van der Waals surface area contributed by atoms with E-state index in [4.69, 9.17) is 33.2 Å². The third kappa shape index (κ3) is 8.70. The van der Waals surface area contributed by atoms with Crippen LogP contribution in [-0.4, -0.2) is 211 Å². The first kappa shape index (κ1) is 41.0. The first-order valence-electron chi connectivity index (χ1n) is 15.9. The molecule has 22 nitrogen and oxygen atoms in total. The van der Waals surface area contributed by atoms with Crippen molar-refractivity contribution in [2.24, 2.45) is 0 Å². The molecule has 4 heterocycles. The molecule has 4 aliphatic heterocycles. The summed E-state index contributed by atoms with van der Waals surface area (Å²) >= 11 is 0. The minimum absolute atomic E-state index is 0.671. The van der Waals surface area contributed by atoms with Gasteiger partial charge < -0.3 is 100.0 Å². The van der Waals surface area contributed by atoms with E-state index in [1.807, 2.05) is 0 Å². The van der Waals surface area contributed by atoms with Crippen molar-refractivity contribution in [3.05, 3.63) is 0 Å². The summed E-state index contributed by atoms with van der Waals surface area (Å²) in [7, 11) is 0. The average Bonchev–Trinajstić information content (AvgIpc) is 3.06. The van der Waals surface area contributed by atoms with Gasteiger partial charge in [-0.05, 0) is 6.92 Å². The molecule has 13 N–H and O–H groups in total. The van der Waals surface area contributed by atoms with E-state index in [0.717, 1.165) is 13.8 Å². The Kier molecular flexibility index (Phi) is 14.2. The number of nitrogens with one attached hydrogen (secondary N) is 2. The van der Waals surface area contributed by atoms with E-state index >= 15 is 0 Å². The van der Waals surface area contributed by atoms with Gasteiger partial charge in [-0.25, -0.2) is 0 Å². The highest BCUT2D eigenvalue weighted by atomic mass is 16.8. The highest BCUT2D eigenvalue weighted by Crippen LogP contribution is 2.34. The zero-order valence-electron chi connectivity index (χ0n) is 27.3. The van der Waals surface area contributed by atoms with E-state index in [-0.39, 0.29) is 0 Å². The Morgan fingerprint density at radius 2 is 0.960 bits per heavy atom. The summed E-state index contributed by atoms with van der Waals surface area (Å²) in [5, 5.41) is 120. The number of carbonyl (C=O) groups excluding carboxylic acids is 2. The van der Waals surface area contributed by atoms with Crippen LogP contribution in [0.4, 0.5) is 0 Å². The Hall–Kier alpha value is -1.78. The van der Waals surface area contributed by atoms with E-state index in [1.165, 1.54) is 6.92 Å². The van der Waals surface area contributed by atoms with Crippen LogP contribution in [0.1, 0.15) is 20.8 Å². The van der Waals surface area contributed by atoms with Crippen LogP contribution in [0, 0.1) is 0 Å². The third-order valence-electron chi connectivity index (χ3n) is 8.97. The maximum atomic E-state index is 12.3. The van der Waals surface area contributed by atoms with Gasteiger partial charge in [-0.15, -0.1) is 0 Å². The van der Waals surface area contributed by atoms with Gasteiger partial charge in [-0.3, -0.25) is 9.59 Å². The van der Waals surface area contributed by atoms with Gasteiger partial charge in [0.2, 0.25) is 11.8 Å². The average molecular weight is 733 g/mol. The van der Waals surface area contributed by atoms with Gasteiger partial charge in [0.15, 0.2) is 25.2 Å². The van der Waals surface area contributed by atoms with Crippen LogP contribution in [0.5, 0.6) is 0 Å². The molecule has 20 atom stereocenters. The molecule has 0 aromatic rings. The Morgan fingerprint density at radius 3 is 1.50 bits per heavy atom. The fourth-order valence-electron chi connectivity index (χ4n) is 6.29. The minimum Gasteiger partial charge on any atom is -0.394 e. The van der Waals surface area contributed by atoms with Crippen LogP contribution in [0.3, 0.4) is 0 Å². The monoisotopic (exact) mass is 732 g/mol. The predicted molar refractivity (Wildman–Crippen MR) is 156 cm³/mol. The number of aliphatic hydroxyl groups excluding tert-OH is 11.